The normalized spacial score (nSPS) is 12.9. The van der Waals surface area contributed by atoms with E-state index < -0.39 is 0 Å². The maximum absolute atomic E-state index is 15.0. The third-order valence-electron chi connectivity index (χ3n) is 16.0. The monoisotopic (exact) mass is 1270 g/mol. The van der Waals surface area contributed by atoms with E-state index in [0.29, 0.717) is 11.5 Å². The topological polar surface area (TPSA) is 33.5 Å². The van der Waals surface area contributed by atoms with Gasteiger partial charge in [0.1, 0.15) is 11.6 Å². The van der Waals surface area contributed by atoms with Crippen LogP contribution < -0.4 is 14.5 Å². The molecular formula is C76H70FN4OPt-3. The first-order chi connectivity index (χ1) is 39.0. The number of benzene rings is 9. The average Bonchev–Trinajstić information content (AvgIpc) is 3.07. The van der Waals surface area contributed by atoms with E-state index in [0.717, 1.165) is 94.9 Å². The molecule has 3 heterocycles. The van der Waals surface area contributed by atoms with Crippen molar-refractivity contribution < 1.29 is 30.2 Å². The standard InChI is InChI=1S/C76H70FN4O.Pt/c1-73(2,3)55-30-26-50(27-31-55)52-40-60(46-62(41-52)82-61-34-35-64-63-22-16-17-23-67(63)81(70(64)47-61)71-45-56(36-37-78-71)74(4,5)6)79-48-80(69-25-19-18-24-68(69)79)72-65(51-28-32-59(77)33-29-51)42-53(49-20-14-13-15-21-49)43-66(72)54-38-57(75(7,8)9)44-58(39-54)76(10,11)12;/h13-45,48H,1-12H3;/q-3;. The van der Waals surface area contributed by atoms with Gasteiger partial charge in [-0.25, -0.2) is 9.37 Å². The molecule has 0 fully saturated rings. The average molecular weight is 1270 g/mol. The Labute approximate surface area is 504 Å². The number of nitrogens with zero attached hydrogens (tertiary/aromatic N) is 4. The zero-order valence-electron chi connectivity index (χ0n) is 49.5. The smallest absolute Gasteiger partial charge is 0.135 e. The van der Waals surface area contributed by atoms with E-state index >= 15 is 4.39 Å². The van der Waals surface area contributed by atoms with E-state index in [1.807, 2.05) is 24.4 Å². The molecule has 1 aliphatic rings. The number of pyridine rings is 1. The SMILES string of the molecule is CC(C)(C)c1ccc(-c2cc(Oc3[c-]c4c(cc3)c3ccccc3n4-c3cc(C(C)(C)C)ccn3)[c-]c(N3[CH-]N(c4c(-c5ccc(F)cc5)cc(-c5ccccc5)cc4-c4cc(C(C)(C)C)cc(C(C)(C)C)c4)c4ccccc43)c2)cc1.[Pt]. The van der Waals surface area contributed by atoms with Gasteiger partial charge in [0.05, 0.1) is 0 Å². The van der Waals surface area contributed by atoms with Gasteiger partial charge in [-0.15, -0.1) is 53.6 Å². The minimum Gasteiger partial charge on any atom is -0.509 e. The van der Waals surface area contributed by atoms with Crippen LogP contribution in [-0.4, -0.2) is 9.55 Å². The van der Waals surface area contributed by atoms with Crippen LogP contribution in [0.3, 0.4) is 0 Å². The van der Waals surface area contributed by atoms with Gasteiger partial charge < -0.3 is 19.1 Å². The molecule has 0 N–H and O–H groups in total. The largest absolute Gasteiger partial charge is 0.509 e. The van der Waals surface area contributed by atoms with Crippen molar-refractivity contribution in [3.8, 4) is 61.8 Å². The molecule has 12 rings (SSSR count). The number of anilines is 4. The molecule has 0 bridgehead atoms. The van der Waals surface area contributed by atoms with Gasteiger partial charge in [-0.3, -0.25) is 0 Å². The Morgan fingerprint density at radius 1 is 0.434 bits per heavy atom. The van der Waals surface area contributed by atoms with Crippen molar-refractivity contribution in [3.05, 3.63) is 247 Å². The molecule has 0 unspecified atom stereocenters. The second kappa shape index (κ2) is 21.6. The first-order valence-electron chi connectivity index (χ1n) is 28.5. The van der Waals surface area contributed by atoms with Crippen LogP contribution in [-0.2, 0) is 42.7 Å². The molecular weight excluding hydrogens is 1200 g/mol. The number of ether oxygens (including phenoxy) is 1. The summed E-state index contributed by atoms with van der Waals surface area (Å²) >= 11 is 0. The molecule has 2 aromatic heterocycles. The minimum atomic E-state index is -0.286. The van der Waals surface area contributed by atoms with Crippen LogP contribution in [0.15, 0.2) is 200 Å². The first-order valence-corrected chi connectivity index (χ1v) is 28.5. The van der Waals surface area contributed by atoms with E-state index in [1.165, 1.54) is 22.3 Å². The van der Waals surface area contributed by atoms with Crippen LogP contribution >= 0.6 is 0 Å². The fourth-order valence-electron chi connectivity index (χ4n) is 11.2. The summed E-state index contributed by atoms with van der Waals surface area (Å²) in [5, 5.41) is 2.17. The summed E-state index contributed by atoms with van der Waals surface area (Å²) in [6.45, 7) is 29.3. The second-order valence-corrected chi connectivity index (χ2v) is 26.1. The molecule has 420 valence electrons. The van der Waals surface area contributed by atoms with Gasteiger partial charge in [-0.2, -0.15) is 6.07 Å². The fraction of sp³-hybridized carbons (Fsp3) is 0.211. The summed E-state index contributed by atoms with van der Waals surface area (Å²) in [4.78, 5) is 9.49. The van der Waals surface area contributed by atoms with Gasteiger partial charge in [-0.05, 0) is 132 Å². The van der Waals surface area contributed by atoms with Gasteiger partial charge in [0, 0.05) is 72.5 Å². The van der Waals surface area contributed by atoms with E-state index in [-0.39, 0.29) is 48.5 Å². The summed E-state index contributed by atoms with van der Waals surface area (Å²) in [6.07, 6.45) is 1.90. The number of para-hydroxylation sites is 3. The van der Waals surface area contributed by atoms with Gasteiger partial charge >= 0.3 is 0 Å². The third-order valence-corrected chi connectivity index (χ3v) is 16.0. The number of aromatic nitrogens is 2. The number of hydrogen-bond acceptors (Lipinski definition) is 4. The summed E-state index contributed by atoms with van der Waals surface area (Å²) in [5.74, 6) is 1.63. The van der Waals surface area contributed by atoms with Crippen molar-refractivity contribution in [1.82, 2.24) is 9.55 Å². The van der Waals surface area contributed by atoms with Gasteiger partial charge in [-0.1, -0.05) is 204 Å². The van der Waals surface area contributed by atoms with Crippen LogP contribution in [0.1, 0.15) is 105 Å². The summed E-state index contributed by atoms with van der Waals surface area (Å²) in [7, 11) is 0. The fourth-order valence-corrected chi connectivity index (χ4v) is 11.2. The van der Waals surface area contributed by atoms with Gasteiger partial charge in [0.15, 0.2) is 0 Å². The molecule has 1 aliphatic heterocycles. The van der Waals surface area contributed by atoms with Crippen LogP contribution in [0.5, 0.6) is 11.5 Å². The minimum absolute atomic E-state index is 0. The Morgan fingerprint density at radius 3 is 1.65 bits per heavy atom. The van der Waals surface area contributed by atoms with Crippen molar-refractivity contribution in [1.29, 1.82) is 0 Å². The maximum atomic E-state index is 15.0. The zero-order chi connectivity index (χ0) is 57.5. The Balaban J connectivity index is 0.00000721. The molecule has 11 aromatic rings. The second-order valence-electron chi connectivity index (χ2n) is 26.1. The predicted molar refractivity (Wildman–Crippen MR) is 341 cm³/mol. The summed E-state index contributed by atoms with van der Waals surface area (Å²) in [6, 6.07) is 75.3. The van der Waals surface area contributed by atoms with E-state index in [2.05, 4.69) is 280 Å². The van der Waals surface area contributed by atoms with Gasteiger partial charge in [0.25, 0.3) is 0 Å². The van der Waals surface area contributed by atoms with Gasteiger partial charge in [0.2, 0.25) is 0 Å². The Hall–Kier alpha value is -8.05. The van der Waals surface area contributed by atoms with E-state index in [9.17, 15) is 0 Å². The van der Waals surface area contributed by atoms with Crippen molar-refractivity contribution in [2.75, 3.05) is 9.80 Å². The molecule has 0 atom stereocenters. The zero-order valence-corrected chi connectivity index (χ0v) is 51.8. The number of hydrogen-bond donors (Lipinski definition) is 0. The summed E-state index contributed by atoms with van der Waals surface area (Å²) < 4.78 is 24.3. The van der Waals surface area contributed by atoms with Crippen molar-refractivity contribution in [3.63, 3.8) is 0 Å². The molecule has 7 heteroatoms. The predicted octanol–water partition coefficient (Wildman–Crippen LogP) is 21.0. The van der Waals surface area contributed by atoms with Crippen molar-refractivity contribution in [2.45, 2.75) is 105 Å². The van der Waals surface area contributed by atoms with E-state index in [1.54, 1.807) is 12.1 Å². The van der Waals surface area contributed by atoms with Crippen molar-refractivity contribution in [2.24, 2.45) is 0 Å². The Morgan fingerprint density at radius 2 is 1.00 bits per heavy atom. The molecule has 0 aliphatic carbocycles. The van der Waals surface area contributed by atoms with Crippen LogP contribution in [0.25, 0.3) is 72.1 Å². The molecule has 0 radical (unpaired) electrons. The third kappa shape index (κ3) is 11.2. The molecule has 0 saturated heterocycles. The van der Waals surface area contributed by atoms with Crippen molar-refractivity contribution >= 4 is 44.6 Å². The molecule has 83 heavy (non-hydrogen) atoms. The Kier molecular flexibility index (Phi) is 14.8. The molecule has 0 amide bonds. The quantitative estimate of drug-likeness (QED) is 0.135. The number of halogens is 1. The molecule has 9 aromatic carbocycles. The van der Waals surface area contributed by atoms with Crippen LogP contribution in [0.4, 0.5) is 27.1 Å². The molecule has 5 nitrogen and oxygen atoms in total. The maximum Gasteiger partial charge on any atom is 0.135 e. The summed E-state index contributed by atoms with van der Waals surface area (Å²) in [5.41, 5.74) is 18.4. The molecule has 0 saturated carbocycles. The first kappa shape index (κ1) is 56.8. The van der Waals surface area contributed by atoms with Crippen LogP contribution in [0.2, 0.25) is 0 Å². The van der Waals surface area contributed by atoms with Crippen LogP contribution in [0, 0.1) is 24.6 Å². The molecule has 0 spiro atoms. The number of fused-ring (bicyclic) bond motifs is 4. The Bertz CT molecular complexity index is 4180. The number of rotatable bonds is 9. The van der Waals surface area contributed by atoms with E-state index in [4.69, 9.17) is 9.72 Å².